The van der Waals surface area contributed by atoms with E-state index in [4.69, 9.17) is 0 Å². The van der Waals surface area contributed by atoms with E-state index in [0.29, 0.717) is 13.1 Å². The number of halogens is 4. The number of aromatic nitrogens is 2. The van der Waals surface area contributed by atoms with E-state index < -0.39 is 11.9 Å². The van der Waals surface area contributed by atoms with Gasteiger partial charge in [-0.3, -0.25) is 4.90 Å². The van der Waals surface area contributed by atoms with Gasteiger partial charge in [0.15, 0.2) is 0 Å². The lowest BCUT2D eigenvalue weighted by molar-refractivity contribution is -0.141. The van der Waals surface area contributed by atoms with Crippen LogP contribution in [-0.2, 0) is 12.7 Å². The molecule has 1 unspecified atom stereocenters. The first-order valence-electron chi connectivity index (χ1n) is 7.54. The van der Waals surface area contributed by atoms with Gasteiger partial charge in [-0.25, -0.2) is 14.4 Å². The molecular formula is C16H16F4N4. The topological polar surface area (TPSA) is 41.0 Å². The van der Waals surface area contributed by atoms with Crippen molar-refractivity contribution in [3.8, 4) is 0 Å². The van der Waals surface area contributed by atoms with Crippen molar-refractivity contribution >= 4 is 5.95 Å². The Morgan fingerprint density at radius 3 is 2.62 bits per heavy atom. The number of rotatable bonds is 4. The summed E-state index contributed by atoms with van der Waals surface area (Å²) in [6.45, 7) is 2.13. The number of likely N-dealkylation sites (tertiary alicyclic amines) is 1. The quantitative estimate of drug-likeness (QED) is 0.867. The summed E-state index contributed by atoms with van der Waals surface area (Å²) in [4.78, 5) is 9.52. The van der Waals surface area contributed by atoms with Crippen LogP contribution < -0.4 is 5.32 Å². The molecule has 2 aromatic rings. The summed E-state index contributed by atoms with van der Waals surface area (Å²) < 4.78 is 50.9. The Hall–Kier alpha value is -2.22. The molecule has 0 bridgehead atoms. The summed E-state index contributed by atoms with van der Waals surface area (Å²) in [5.41, 5.74) is 0.0357. The van der Waals surface area contributed by atoms with E-state index in [1.165, 1.54) is 12.1 Å². The Labute approximate surface area is 136 Å². The summed E-state index contributed by atoms with van der Waals surface area (Å²) in [6.07, 6.45) is -2.60. The van der Waals surface area contributed by atoms with Crippen LogP contribution in [0.1, 0.15) is 17.7 Å². The average Bonchev–Trinajstić information content (AvgIpc) is 2.96. The molecule has 0 saturated carbocycles. The minimum absolute atomic E-state index is 0.0153. The molecule has 1 atom stereocenters. The van der Waals surface area contributed by atoms with Crippen LogP contribution in [0.4, 0.5) is 23.5 Å². The minimum atomic E-state index is -4.48. The standard InChI is InChI=1S/C16H16F4N4/c17-12-3-1-11(2-4-12)9-24-8-6-13(10-24)22-15-21-7-5-14(23-15)16(18,19)20/h1-5,7,13H,6,8-10H2,(H,21,22,23). The zero-order chi connectivity index (χ0) is 17.2. The first-order chi connectivity index (χ1) is 11.4. The molecule has 4 nitrogen and oxygen atoms in total. The maximum absolute atomic E-state index is 12.9. The maximum Gasteiger partial charge on any atom is 0.433 e. The van der Waals surface area contributed by atoms with Gasteiger partial charge in [0, 0.05) is 31.9 Å². The maximum atomic E-state index is 12.9. The molecule has 8 heteroatoms. The van der Waals surface area contributed by atoms with Crippen LogP contribution in [0.25, 0.3) is 0 Å². The van der Waals surface area contributed by atoms with E-state index >= 15 is 0 Å². The first kappa shape index (κ1) is 16.6. The molecule has 0 aliphatic carbocycles. The van der Waals surface area contributed by atoms with Gasteiger partial charge in [0.25, 0.3) is 0 Å². The Bertz CT molecular complexity index is 687. The van der Waals surface area contributed by atoms with Crippen molar-refractivity contribution in [2.75, 3.05) is 18.4 Å². The van der Waals surface area contributed by atoms with Gasteiger partial charge in [0.05, 0.1) is 0 Å². The monoisotopic (exact) mass is 340 g/mol. The molecule has 3 rings (SSSR count). The van der Waals surface area contributed by atoms with Gasteiger partial charge in [-0.1, -0.05) is 12.1 Å². The van der Waals surface area contributed by atoms with E-state index in [-0.39, 0.29) is 17.8 Å². The highest BCUT2D eigenvalue weighted by molar-refractivity contribution is 5.28. The van der Waals surface area contributed by atoms with Gasteiger partial charge in [0.1, 0.15) is 11.5 Å². The van der Waals surface area contributed by atoms with Crippen LogP contribution in [-0.4, -0.2) is 34.0 Å². The van der Waals surface area contributed by atoms with Gasteiger partial charge < -0.3 is 5.32 Å². The normalized spacial score (nSPS) is 18.8. The summed E-state index contributed by atoms with van der Waals surface area (Å²) >= 11 is 0. The van der Waals surface area contributed by atoms with Crippen molar-refractivity contribution in [1.82, 2.24) is 14.9 Å². The van der Waals surface area contributed by atoms with Gasteiger partial charge >= 0.3 is 6.18 Å². The molecule has 0 radical (unpaired) electrons. The van der Waals surface area contributed by atoms with E-state index in [0.717, 1.165) is 30.8 Å². The van der Waals surface area contributed by atoms with Gasteiger partial charge in [-0.2, -0.15) is 13.2 Å². The molecular weight excluding hydrogens is 324 g/mol. The number of benzene rings is 1. The predicted molar refractivity (Wildman–Crippen MR) is 80.7 cm³/mol. The third kappa shape index (κ3) is 4.19. The molecule has 0 spiro atoms. The second kappa shape index (κ2) is 6.72. The van der Waals surface area contributed by atoms with Crippen molar-refractivity contribution in [3.63, 3.8) is 0 Å². The summed E-state index contributed by atoms with van der Waals surface area (Å²) in [7, 11) is 0. The van der Waals surface area contributed by atoms with Gasteiger partial charge in [-0.15, -0.1) is 0 Å². The van der Waals surface area contributed by atoms with Gasteiger partial charge in [0.2, 0.25) is 5.95 Å². The van der Waals surface area contributed by atoms with Crippen molar-refractivity contribution in [2.45, 2.75) is 25.2 Å². The molecule has 1 aromatic heterocycles. The van der Waals surface area contributed by atoms with Crippen LogP contribution in [0, 0.1) is 5.82 Å². The van der Waals surface area contributed by atoms with E-state index in [1.54, 1.807) is 12.1 Å². The third-order valence-corrected chi connectivity index (χ3v) is 3.87. The van der Waals surface area contributed by atoms with Crippen LogP contribution in [0.3, 0.4) is 0 Å². The van der Waals surface area contributed by atoms with Crippen molar-refractivity contribution < 1.29 is 17.6 Å². The Kier molecular flexibility index (Phi) is 4.66. The Balaban J connectivity index is 1.57. The molecule has 24 heavy (non-hydrogen) atoms. The number of hydrogen-bond donors (Lipinski definition) is 1. The minimum Gasteiger partial charge on any atom is -0.350 e. The SMILES string of the molecule is Fc1ccc(CN2CCC(Nc3nccc(C(F)(F)F)n3)C2)cc1. The third-order valence-electron chi connectivity index (χ3n) is 3.87. The van der Waals surface area contributed by atoms with E-state index in [1.807, 2.05) is 0 Å². The highest BCUT2D eigenvalue weighted by Gasteiger charge is 2.33. The van der Waals surface area contributed by atoms with Crippen LogP contribution >= 0.6 is 0 Å². The summed E-state index contributed by atoms with van der Waals surface area (Å²) in [5.74, 6) is -0.292. The summed E-state index contributed by atoms with van der Waals surface area (Å²) in [5, 5.41) is 2.95. The molecule has 1 N–H and O–H groups in total. The molecule has 0 amide bonds. The van der Waals surface area contributed by atoms with Crippen molar-refractivity contribution in [2.24, 2.45) is 0 Å². The zero-order valence-corrected chi connectivity index (χ0v) is 12.7. The van der Waals surface area contributed by atoms with E-state index in [9.17, 15) is 17.6 Å². The molecule has 1 aliphatic heterocycles. The molecule has 2 heterocycles. The number of alkyl halides is 3. The number of nitrogens with one attached hydrogen (secondary N) is 1. The fraction of sp³-hybridized carbons (Fsp3) is 0.375. The fourth-order valence-electron chi connectivity index (χ4n) is 2.71. The van der Waals surface area contributed by atoms with Crippen LogP contribution in [0.15, 0.2) is 36.5 Å². The number of anilines is 1. The predicted octanol–water partition coefficient (Wildman–Crippen LogP) is 3.32. The van der Waals surface area contributed by atoms with Crippen LogP contribution in [0.5, 0.6) is 0 Å². The fourth-order valence-corrected chi connectivity index (χ4v) is 2.71. The second-order valence-corrected chi connectivity index (χ2v) is 5.75. The second-order valence-electron chi connectivity index (χ2n) is 5.75. The Morgan fingerprint density at radius 1 is 1.17 bits per heavy atom. The van der Waals surface area contributed by atoms with Crippen LogP contribution in [0.2, 0.25) is 0 Å². The van der Waals surface area contributed by atoms with Gasteiger partial charge in [-0.05, 0) is 30.2 Å². The molecule has 1 aromatic carbocycles. The lowest BCUT2D eigenvalue weighted by Gasteiger charge is -2.17. The number of hydrogen-bond acceptors (Lipinski definition) is 4. The highest BCUT2D eigenvalue weighted by atomic mass is 19.4. The molecule has 128 valence electrons. The Morgan fingerprint density at radius 2 is 1.92 bits per heavy atom. The zero-order valence-electron chi connectivity index (χ0n) is 12.7. The van der Waals surface area contributed by atoms with Crippen molar-refractivity contribution in [1.29, 1.82) is 0 Å². The summed E-state index contributed by atoms with van der Waals surface area (Å²) in [6, 6.07) is 7.11. The van der Waals surface area contributed by atoms with Crippen molar-refractivity contribution in [3.05, 3.63) is 53.6 Å². The average molecular weight is 340 g/mol. The molecule has 1 aliphatic rings. The lowest BCUT2D eigenvalue weighted by Crippen LogP contribution is -2.27. The first-order valence-corrected chi connectivity index (χ1v) is 7.54. The lowest BCUT2D eigenvalue weighted by atomic mass is 10.2. The largest absolute Gasteiger partial charge is 0.433 e. The molecule has 1 fully saturated rings. The van der Waals surface area contributed by atoms with E-state index in [2.05, 4.69) is 20.2 Å². The smallest absolute Gasteiger partial charge is 0.350 e. The highest BCUT2D eigenvalue weighted by Crippen LogP contribution is 2.27. The number of nitrogens with zero attached hydrogens (tertiary/aromatic N) is 3. The molecule has 1 saturated heterocycles.